The van der Waals surface area contributed by atoms with Gasteiger partial charge in [0.25, 0.3) is 0 Å². The second-order valence-electron chi connectivity index (χ2n) is 8.13. The molecule has 4 rings (SSSR count). The van der Waals surface area contributed by atoms with E-state index in [4.69, 9.17) is 0 Å². The fourth-order valence-corrected chi connectivity index (χ4v) is 5.73. The first-order chi connectivity index (χ1) is 12.7. The quantitative estimate of drug-likeness (QED) is 0.307. The van der Waals surface area contributed by atoms with Crippen LogP contribution in [0.4, 0.5) is 0 Å². The van der Waals surface area contributed by atoms with Crippen LogP contribution in [0.15, 0.2) is 42.0 Å². The van der Waals surface area contributed by atoms with Crippen molar-refractivity contribution in [1.82, 2.24) is 0 Å². The zero-order chi connectivity index (χ0) is 19.9. The SMILES string of the molecule is CC1=[C-]c2c(C)ccc(C)c2C1=[Si](C)C.Cc1cc2c(C)ccc(C)c2[cH-]1.[Mg+2]. The summed E-state index contributed by atoms with van der Waals surface area (Å²) in [6.45, 7) is 17.8. The molecule has 28 heavy (non-hydrogen) atoms. The van der Waals surface area contributed by atoms with Crippen LogP contribution in [0.2, 0.25) is 13.1 Å². The van der Waals surface area contributed by atoms with E-state index in [0.29, 0.717) is 0 Å². The molecule has 1 aliphatic rings. The summed E-state index contributed by atoms with van der Waals surface area (Å²) in [5, 5.41) is 4.40. The van der Waals surface area contributed by atoms with Crippen molar-refractivity contribution < 1.29 is 0 Å². The van der Waals surface area contributed by atoms with Gasteiger partial charge in [0, 0.05) is 0 Å². The molecular formula is C26H30MgSi. The van der Waals surface area contributed by atoms with Gasteiger partial charge in [-0.25, -0.2) is 0 Å². The van der Waals surface area contributed by atoms with Gasteiger partial charge in [0.1, 0.15) is 0 Å². The van der Waals surface area contributed by atoms with Crippen LogP contribution in [0.1, 0.15) is 45.9 Å². The Morgan fingerprint density at radius 3 is 1.96 bits per heavy atom. The van der Waals surface area contributed by atoms with Gasteiger partial charge in [-0.2, -0.15) is 6.07 Å². The monoisotopic (exact) mass is 394 g/mol. The molecule has 0 N–H and O–H groups in total. The number of aryl methyl sites for hydroxylation is 5. The second-order valence-corrected chi connectivity index (χ2v) is 10.6. The average molecular weight is 395 g/mol. The third-order valence-electron chi connectivity index (χ3n) is 5.53. The van der Waals surface area contributed by atoms with E-state index >= 15 is 0 Å². The van der Waals surface area contributed by atoms with Crippen LogP contribution in [-0.4, -0.2) is 36.6 Å². The van der Waals surface area contributed by atoms with Crippen molar-refractivity contribution in [1.29, 1.82) is 0 Å². The summed E-state index contributed by atoms with van der Waals surface area (Å²) in [4.78, 5) is 0. The van der Waals surface area contributed by atoms with Crippen LogP contribution in [-0.2, 0) is 0 Å². The van der Waals surface area contributed by atoms with Crippen LogP contribution >= 0.6 is 0 Å². The Hall–Kier alpha value is -1.36. The topological polar surface area (TPSA) is 0 Å². The zero-order valence-electron chi connectivity index (χ0n) is 18.7. The van der Waals surface area contributed by atoms with Gasteiger partial charge in [0.05, 0.1) is 0 Å². The van der Waals surface area contributed by atoms with Gasteiger partial charge in [-0.1, -0.05) is 64.0 Å². The summed E-state index contributed by atoms with van der Waals surface area (Å²) in [6, 6.07) is 13.3. The van der Waals surface area contributed by atoms with Crippen molar-refractivity contribution in [3.05, 3.63) is 87.0 Å². The van der Waals surface area contributed by atoms with E-state index in [1.54, 1.807) is 5.17 Å². The molecule has 0 nitrogen and oxygen atoms in total. The first-order valence-corrected chi connectivity index (χ1v) is 12.2. The van der Waals surface area contributed by atoms with E-state index in [1.807, 2.05) is 0 Å². The van der Waals surface area contributed by atoms with Crippen LogP contribution in [0.3, 0.4) is 0 Å². The predicted octanol–water partition coefficient (Wildman–Crippen LogP) is 6.37. The molecule has 0 unspecified atom stereocenters. The molecule has 0 fully saturated rings. The summed E-state index contributed by atoms with van der Waals surface area (Å²) in [7, 11) is -0.394. The van der Waals surface area contributed by atoms with Gasteiger partial charge in [-0.15, -0.1) is 73.6 Å². The predicted molar refractivity (Wildman–Crippen MR) is 129 cm³/mol. The molecule has 0 saturated carbocycles. The van der Waals surface area contributed by atoms with Crippen molar-refractivity contribution in [3.8, 4) is 0 Å². The largest absolute Gasteiger partial charge is 2.00 e. The molecule has 3 aromatic rings. The van der Waals surface area contributed by atoms with Crippen LogP contribution in [0, 0.1) is 40.7 Å². The average Bonchev–Trinajstić information content (AvgIpc) is 3.17. The van der Waals surface area contributed by atoms with E-state index in [2.05, 4.69) is 97.1 Å². The Morgan fingerprint density at radius 1 is 0.786 bits per heavy atom. The number of fused-ring (bicyclic) bond motifs is 2. The smallest absolute Gasteiger partial charge is 0.165 e. The Bertz CT molecular complexity index is 1050. The summed E-state index contributed by atoms with van der Waals surface area (Å²) >= 11 is 0. The van der Waals surface area contributed by atoms with E-state index < -0.39 is 8.41 Å². The maximum absolute atomic E-state index is 3.54. The first kappa shape index (κ1) is 22.9. The van der Waals surface area contributed by atoms with Crippen LogP contribution in [0.25, 0.3) is 10.8 Å². The number of allylic oxidation sites excluding steroid dienone is 1. The molecule has 0 amide bonds. The number of hydrogen-bond acceptors (Lipinski definition) is 0. The number of benzene rings is 2. The second kappa shape index (κ2) is 8.98. The molecule has 3 aromatic carbocycles. The van der Waals surface area contributed by atoms with Gasteiger partial charge in [0.15, 0.2) is 0 Å². The zero-order valence-corrected chi connectivity index (χ0v) is 21.1. The fourth-order valence-electron chi connectivity index (χ4n) is 4.09. The summed E-state index contributed by atoms with van der Waals surface area (Å²) in [5.41, 5.74) is 11.1. The van der Waals surface area contributed by atoms with Gasteiger partial charge in [-0.05, 0) is 22.3 Å². The molecule has 140 valence electrons. The minimum Gasteiger partial charge on any atom is -0.165 e. The van der Waals surface area contributed by atoms with E-state index in [9.17, 15) is 0 Å². The van der Waals surface area contributed by atoms with Gasteiger partial charge >= 0.3 is 23.1 Å². The molecular weight excluding hydrogens is 365 g/mol. The molecule has 0 aliphatic heterocycles. The molecule has 2 heteroatoms. The van der Waals surface area contributed by atoms with Crippen molar-refractivity contribution in [2.24, 2.45) is 0 Å². The first-order valence-electron chi connectivity index (χ1n) is 9.73. The van der Waals surface area contributed by atoms with Crippen LogP contribution in [0.5, 0.6) is 0 Å². The molecule has 0 radical (unpaired) electrons. The molecule has 0 spiro atoms. The van der Waals surface area contributed by atoms with Crippen molar-refractivity contribution in [2.45, 2.75) is 54.6 Å². The fraction of sp³-hybridized carbons (Fsp3) is 0.308. The van der Waals surface area contributed by atoms with E-state index in [-0.39, 0.29) is 23.1 Å². The minimum atomic E-state index is -0.394. The molecule has 0 bridgehead atoms. The Morgan fingerprint density at radius 2 is 1.36 bits per heavy atom. The summed E-state index contributed by atoms with van der Waals surface area (Å²) in [5.74, 6) is 0. The van der Waals surface area contributed by atoms with E-state index in [1.165, 1.54) is 55.3 Å². The minimum absolute atomic E-state index is 0. The Balaban J connectivity index is 0.000000198. The Kier molecular flexibility index (Phi) is 7.35. The van der Waals surface area contributed by atoms with E-state index in [0.717, 1.165) is 0 Å². The normalized spacial score (nSPS) is 12.1. The summed E-state index contributed by atoms with van der Waals surface area (Å²) < 4.78 is 0. The van der Waals surface area contributed by atoms with Gasteiger partial charge in [0.2, 0.25) is 0 Å². The number of hydrogen-bond donors (Lipinski definition) is 0. The molecule has 0 heterocycles. The van der Waals surface area contributed by atoms with Crippen molar-refractivity contribution in [2.75, 3.05) is 0 Å². The van der Waals surface area contributed by atoms with Gasteiger partial charge < -0.3 is 0 Å². The maximum Gasteiger partial charge on any atom is 2.00 e. The maximum atomic E-state index is 3.54. The molecule has 0 atom stereocenters. The third kappa shape index (κ3) is 4.29. The molecule has 1 aliphatic carbocycles. The van der Waals surface area contributed by atoms with Crippen molar-refractivity contribution in [3.63, 3.8) is 0 Å². The molecule has 0 aromatic heterocycles. The Labute approximate surface area is 188 Å². The van der Waals surface area contributed by atoms with Crippen molar-refractivity contribution >= 4 is 47.4 Å². The molecule has 0 saturated heterocycles. The van der Waals surface area contributed by atoms with Gasteiger partial charge in [-0.3, -0.25) is 0 Å². The third-order valence-corrected chi connectivity index (χ3v) is 7.15. The van der Waals surface area contributed by atoms with Crippen LogP contribution < -0.4 is 0 Å². The summed E-state index contributed by atoms with van der Waals surface area (Å²) in [6.07, 6.45) is 3.54. The standard InChI is InChI=1S/C14H17Si.C12H13.Mg/c1-9-6-7-10(2)13-12(9)8-11(3)14(13)15(4)5;1-8-6-11-9(2)4-5-10(3)12(11)7-8;/h6-7H,1-5H3;4-7H,1-3H3;/q2*-1;+2. The number of rotatable bonds is 0.